The number of hydrogen-bond acceptors (Lipinski definition) is 6. The lowest BCUT2D eigenvalue weighted by atomic mass is 10.3. The summed E-state index contributed by atoms with van der Waals surface area (Å²) in [7, 11) is 0. The highest BCUT2D eigenvalue weighted by atomic mass is 35.5. The van der Waals surface area contributed by atoms with Gasteiger partial charge >= 0.3 is 0 Å². The number of benzene rings is 2. The van der Waals surface area contributed by atoms with E-state index in [4.69, 9.17) is 16.3 Å². The Morgan fingerprint density at radius 1 is 1.25 bits per heavy atom. The Morgan fingerprint density at radius 3 is 2.71 bits per heavy atom. The molecular formula is C20H19ClN4O2S. The highest BCUT2D eigenvalue weighted by Gasteiger charge is 2.18. The predicted octanol–water partition coefficient (Wildman–Crippen LogP) is 4.26. The third-order valence-corrected chi connectivity index (χ3v) is 4.63. The van der Waals surface area contributed by atoms with E-state index in [0.29, 0.717) is 40.6 Å². The maximum Gasteiger partial charge on any atom is 0.234 e. The average molecular weight is 415 g/mol. The van der Waals surface area contributed by atoms with Crippen LogP contribution in [-0.4, -0.2) is 40.8 Å². The van der Waals surface area contributed by atoms with Crippen molar-refractivity contribution in [1.29, 1.82) is 0 Å². The molecule has 1 amide bonds. The van der Waals surface area contributed by atoms with Crippen molar-refractivity contribution >= 4 is 46.0 Å². The molecule has 1 N–H and O–H groups in total. The van der Waals surface area contributed by atoms with Gasteiger partial charge < -0.3 is 10.1 Å². The Balaban J connectivity index is 1.61. The molecule has 0 aliphatic carbocycles. The normalized spacial score (nSPS) is 13.4. The van der Waals surface area contributed by atoms with E-state index < -0.39 is 0 Å². The average Bonchev–Trinajstić information content (AvgIpc) is 2.69. The van der Waals surface area contributed by atoms with Crippen molar-refractivity contribution in [3.05, 3.63) is 72.3 Å². The van der Waals surface area contributed by atoms with Gasteiger partial charge in [0.25, 0.3) is 0 Å². The number of nitrogens with zero attached hydrogens (tertiary/aromatic N) is 3. The van der Waals surface area contributed by atoms with Gasteiger partial charge in [-0.3, -0.25) is 9.80 Å². The maximum atomic E-state index is 12.2. The van der Waals surface area contributed by atoms with Crippen molar-refractivity contribution in [2.75, 3.05) is 24.2 Å². The van der Waals surface area contributed by atoms with Crippen molar-refractivity contribution in [3.8, 4) is 5.75 Å². The Hall–Kier alpha value is -2.77. The lowest BCUT2D eigenvalue weighted by Crippen LogP contribution is -2.33. The standard InChI is InChI=1S/C20H19ClN4O2S/c1-2-12-25-13-19(27-17-6-4-3-5-7-17)23-20(24-25)28-14-18(26)22-16-10-8-15(21)9-11-16/h2-11H,1,12-14H2,(H,22,26). The first kappa shape index (κ1) is 20.0. The van der Waals surface area contributed by atoms with E-state index >= 15 is 0 Å². The SMILES string of the molecule is C=CCN1CC(Oc2ccccc2)=NC(SCC(=O)Nc2ccc(Cl)cc2)=N1. The molecule has 0 saturated carbocycles. The zero-order chi connectivity index (χ0) is 19.8. The number of carbonyl (C=O) groups excluding carboxylic acids is 1. The van der Waals surface area contributed by atoms with Gasteiger partial charge in [0.05, 0.1) is 12.3 Å². The molecule has 28 heavy (non-hydrogen) atoms. The van der Waals surface area contributed by atoms with Gasteiger partial charge in [-0.05, 0) is 36.4 Å². The molecule has 3 rings (SSSR count). The van der Waals surface area contributed by atoms with Gasteiger partial charge in [-0.15, -0.1) is 11.7 Å². The highest BCUT2D eigenvalue weighted by molar-refractivity contribution is 8.14. The first-order chi connectivity index (χ1) is 13.6. The van der Waals surface area contributed by atoms with Gasteiger partial charge in [0.1, 0.15) is 12.3 Å². The van der Waals surface area contributed by atoms with Gasteiger partial charge in [0, 0.05) is 10.7 Å². The van der Waals surface area contributed by atoms with E-state index in [2.05, 4.69) is 22.0 Å². The number of ether oxygens (including phenoxy) is 1. The number of aliphatic imine (C=N–C) groups is 1. The molecule has 2 aromatic rings. The molecule has 0 saturated heterocycles. The van der Waals surface area contributed by atoms with E-state index in [-0.39, 0.29) is 11.7 Å². The number of nitrogens with one attached hydrogen (secondary N) is 1. The molecule has 0 radical (unpaired) electrons. The topological polar surface area (TPSA) is 66.3 Å². The second kappa shape index (κ2) is 9.96. The number of anilines is 1. The van der Waals surface area contributed by atoms with Crippen LogP contribution >= 0.6 is 23.4 Å². The van der Waals surface area contributed by atoms with Crippen LogP contribution in [0, 0.1) is 0 Å². The van der Waals surface area contributed by atoms with Crippen molar-refractivity contribution in [2.45, 2.75) is 0 Å². The van der Waals surface area contributed by atoms with E-state index in [9.17, 15) is 4.79 Å². The lowest BCUT2D eigenvalue weighted by Gasteiger charge is -2.23. The number of halogens is 1. The number of hydrogen-bond donors (Lipinski definition) is 1. The summed E-state index contributed by atoms with van der Waals surface area (Å²) in [6.45, 7) is 4.73. The van der Waals surface area contributed by atoms with Gasteiger partial charge in [-0.1, -0.05) is 47.6 Å². The van der Waals surface area contributed by atoms with Gasteiger partial charge in [0.15, 0.2) is 0 Å². The molecule has 144 valence electrons. The third kappa shape index (κ3) is 6.14. The second-order valence-corrected chi connectivity index (χ2v) is 7.16. The number of thioether (sulfide) groups is 1. The molecule has 0 atom stereocenters. The summed E-state index contributed by atoms with van der Waals surface area (Å²) in [6, 6.07) is 16.4. The van der Waals surface area contributed by atoms with Crippen molar-refractivity contribution in [2.24, 2.45) is 10.1 Å². The Labute approximate surface area is 172 Å². The van der Waals surface area contributed by atoms with E-state index in [0.717, 1.165) is 0 Å². The summed E-state index contributed by atoms with van der Waals surface area (Å²) in [5.41, 5.74) is 0.686. The van der Waals surface area contributed by atoms with Crippen LogP contribution in [0.2, 0.25) is 5.02 Å². The minimum atomic E-state index is -0.156. The van der Waals surface area contributed by atoms with Gasteiger partial charge in [-0.2, -0.15) is 4.99 Å². The number of amides is 1. The van der Waals surface area contributed by atoms with Crippen LogP contribution in [0.25, 0.3) is 0 Å². The molecule has 1 aliphatic heterocycles. The first-order valence-corrected chi connectivity index (χ1v) is 9.92. The number of para-hydroxylation sites is 1. The van der Waals surface area contributed by atoms with Crippen LogP contribution < -0.4 is 10.1 Å². The molecule has 0 bridgehead atoms. The molecule has 8 heteroatoms. The summed E-state index contributed by atoms with van der Waals surface area (Å²) in [5, 5.41) is 10.1. The Bertz CT molecular complexity index is 885. The van der Waals surface area contributed by atoms with E-state index in [1.807, 2.05) is 30.3 Å². The number of hydrazone groups is 1. The number of amidine groups is 1. The van der Waals surface area contributed by atoms with Crippen LogP contribution in [0.15, 0.2) is 77.3 Å². The predicted molar refractivity (Wildman–Crippen MR) is 116 cm³/mol. The van der Waals surface area contributed by atoms with Crippen LogP contribution in [-0.2, 0) is 4.79 Å². The number of carbonyl (C=O) groups is 1. The fraction of sp³-hybridized carbons (Fsp3) is 0.150. The van der Waals surface area contributed by atoms with Crippen molar-refractivity contribution in [3.63, 3.8) is 0 Å². The summed E-state index contributed by atoms with van der Waals surface area (Å²) >= 11 is 7.09. The quantitative estimate of drug-likeness (QED) is 0.717. The Morgan fingerprint density at radius 2 is 2.00 bits per heavy atom. The van der Waals surface area contributed by atoms with Crippen LogP contribution in [0.4, 0.5) is 5.69 Å². The lowest BCUT2D eigenvalue weighted by molar-refractivity contribution is -0.113. The number of rotatable bonds is 6. The molecule has 2 aromatic carbocycles. The maximum absolute atomic E-state index is 12.2. The summed E-state index contributed by atoms with van der Waals surface area (Å²) in [5.74, 6) is 1.23. The van der Waals surface area contributed by atoms with Crippen LogP contribution in [0.1, 0.15) is 0 Å². The molecule has 0 unspecified atom stereocenters. The molecule has 1 heterocycles. The van der Waals surface area contributed by atoms with Crippen molar-refractivity contribution < 1.29 is 9.53 Å². The summed E-state index contributed by atoms with van der Waals surface area (Å²) < 4.78 is 5.84. The molecule has 1 aliphatic rings. The zero-order valence-electron chi connectivity index (χ0n) is 15.0. The largest absolute Gasteiger partial charge is 0.441 e. The minimum Gasteiger partial charge on any atom is -0.441 e. The van der Waals surface area contributed by atoms with Gasteiger partial charge in [0.2, 0.25) is 17.0 Å². The summed E-state index contributed by atoms with van der Waals surface area (Å²) in [6.07, 6.45) is 1.75. The second-order valence-electron chi connectivity index (χ2n) is 5.78. The Kier molecular flexibility index (Phi) is 7.11. The van der Waals surface area contributed by atoms with E-state index in [1.165, 1.54) is 11.8 Å². The van der Waals surface area contributed by atoms with Crippen LogP contribution in [0.3, 0.4) is 0 Å². The molecule has 0 fully saturated rings. The fourth-order valence-electron chi connectivity index (χ4n) is 2.33. The van der Waals surface area contributed by atoms with E-state index in [1.54, 1.807) is 35.4 Å². The fourth-order valence-corrected chi connectivity index (χ4v) is 3.13. The molecule has 0 aromatic heterocycles. The highest BCUT2D eigenvalue weighted by Crippen LogP contribution is 2.17. The molecular weight excluding hydrogens is 396 g/mol. The smallest absolute Gasteiger partial charge is 0.234 e. The zero-order valence-corrected chi connectivity index (χ0v) is 16.6. The molecule has 0 spiro atoms. The first-order valence-electron chi connectivity index (χ1n) is 8.55. The molecule has 6 nitrogen and oxygen atoms in total. The van der Waals surface area contributed by atoms with Crippen LogP contribution in [0.5, 0.6) is 5.75 Å². The monoisotopic (exact) mass is 414 g/mol. The summed E-state index contributed by atoms with van der Waals surface area (Å²) in [4.78, 5) is 16.6. The third-order valence-electron chi connectivity index (χ3n) is 3.54. The van der Waals surface area contributed by atoms with Gasteiger partial charge in [-0.25, -0.2) is 0 Å². The van der Waals surface area contributed by atoms with Crippen molar-refractivity contribution in [1.82, 2.24) is 5.01 Å². The minimum absolute atomic E-state index is 0.156.